The van der Waals surface area contributed by atoms with E-state index in [2.05, 4.69) is 46.3 Å². The van der Waals surface area contributed by atoms with Crippen LogP contribution in [0.2, 0.25) is 0 Å². The van der Waals surface area contributed by atoms with Crippen molar-refractivity contribution >= 4 is 17.5 Å². The molecule has 0 aliphatic rings. The van der Waals surface area contributed by atoms with Crippen molar-refractivity contribution in [3.05, 3.63) is 47.3 Å². The fourth-order valence-corrected chi connectivity index (χ4v) is 2.79. The summed E-state index contributed by atoms with van der Waals surface area (Å²) in [5, 5.41) is 6.21. The third kappa shape index (κ3) is 6.32. The summed E-state index contributed by atoms with van der Waals surface area (Å²) in [5.41, 5.74) is 2.96. The lowest BCUT2D eigenvalue weighted by Gasteiger charge is -2.23. The number of nitrogens with one attached hydrogen (secondary N) is 2. The molecule has 6 nitrogen and oxygen atoms in total. The zero-order chi connectivity index (χ0) is 20.0. The third-order valence-corrected chi connectivity index (χ3v) is 4.14. The van der Waals surface area contributed by atoms with Crippen molar-refractivity contribution < 1.29 is 4.79 Å². The van der Waals surface area contributed by atoms with E-state index in [0.717, 1.165) is 36.5 Å². The quantitative estimate of drug-likeness (QED) is 0.728. The Morgan fingerprint density at radius 3 is 2.52 bits per heavy atom. The molecule has 0 fully saturated rings. The molecule has 2 N–H and O–H groups in total. The van der Waals surface area contributed by atoms with Crippen molar-refractivity contribution in [2.75, 3.05) is 37.8 Å². The molecule has 0 aliphatic carbocycles. The van der Waals surface area contributed by atoms with Gasteiger partial charge in [-0.05, 0) is 57.1 Å². The average molecular weight is 370 g/mol. The predicted octanol–water partition coefficient (Wildman–Crippen LogP) is 3.70. The number of aryl methyl sites for hydroxylation is 1. The Kier molecular flexibility index (Phi) is 6.91. The maximum absolute atomic E-state index is 12.8. The van der Waals surface area contributed by atoms with E-state index in [4.69, 9.17) is 0 Å². The number of amides is 1. The summed E-state index contributed by atoms with van der Waals surface area (Å²) < 4.78 is 0. The number of benzene rings is 1. The zero-order valence-electron chi connectivity index (χ0n) is 17.3. The van der Waals surface area contributed by atoms with Crippen molar-refractivity contribution in [2.45, 2.75) is 39.5 Å². The van der Waals surface area contributed by atoms with Crippen LogP contribution in [0.4, 0.5) is 11.6 Å². The minimum Gasteiger partial charge on any atom is -0.354 e. The summed E-state index contributed by atoms with van der Waals surface area (Å²) in [4.78, 5) is 23.7. The molecule has 1 amide bonds. The van der Waals surface area contributed by atoms with Crippen LogP contribution in [0.25, 0.3) is 0 Å². The molecule has 6 heteroatoms. The number of aromatic nitrogens is 2. The number of nitrogens with zero attached hydrogens (tertiary/aromatic N) is 3. The van der Waals surface area contributed by atoms with Gasteiger partial charge in [0.1, 0.15) is 5.69 Å². The number of anilines is 2. The second-order valence-corrected chi connectivity index (χ2v) is 8.05. The van der Waals surface area contributed by atoms with E-state index in [-0.39, 0.29) is 11.3 Å². The Bertz CT molecular complexity index is 780. The van der Waals surface area contributed by atoms with Gasteiger partial charge in [-0.3, -0.25) is 4.79 Å². The normalized spacial score (nSPS) is 11.5. The number of hydrogen-bond donors (Lipinski definition) is 2. The van der Waals surface area contributed by atoms with E-state index in [0.29, 0.717) is 11.6 Å². The summed E-state index contributed by atoms with van der Waals surface area (Å²) in [5.74, 6) is 0.261. The van der Waals surface area contributed by atoms with Gasteiger partial charge in [0.05, 0.1) is 0 Å². The van der Waals surface area contributed by atoms with Crippen LogP contribution in [0.3, 0.4) is 0 Å². The van der Waals surface area contributed by atoms with Crippen molar-refractivity contribution in [3.8, 4) is 0 Å². The molecular weight excluding hydrogens is 338 g/mol. The first-order valence-corrected chi connectivity index (χ1v) is 9.32. The Labute approximate surface area is 162 Å². The third-order valence-electron chi connectivity index (χ3n) is 4.14. The second-order valence-electron chi connectivity index (χ2n) is 8.05. The minimum atomic E-state index is -0.228. The van der Waals surface area contributed by atoms with E-state index in [1.165, 1.54) is 0 Å². The number of rotatable bonds is 7. The first-order valence-electron chi connectivity index (χ1n) is 9.32. The fraction of sp³-hybridized carbons (Fsp3) is 0.476. The van der Waals surface area contributed by atoms with Crippen LogP contribution in [0.5, 0.6) is 0 Å². The molecule has 0 saturated carbocycles. The molecular formula is C21H31N5O. The van der Waals surface area contributed by atoms with Gasteiger partial charge in [-0.1, -0.05) is 39.0 Å². The van der Waals surface area contributed by atoms with Crippen LogP contribution in [-0.4, -0.2) is 48.0 Å². The SMILES string of the molecule is Cc1cc(C(=O)Nc2ccccc2C(C)(C)C)nc(NCCCN(C)C)n1. The van der Waals surface area contributed by atoms with Gasteiger partial charge < -0.3 is 15.5 Å². The van der Waals surface area contributed by atoms with Crippen LogP contribution in [0.15, 0.2) is 30.3 Å². The molecule has 2 aromatic rings. The molecule has 1 aromatic carbocycles. The van der Waals surface area contributed by atoms with Gasteiger partial charge in [0.2, 0.25) is 5.95 Å². The lowest BCUT2D eigenvalue weighted by atomic mass is 9.86. The Morgan fingerprint density at radius 1 is 1.15 bits per heavy atom. The van der Waals surface area contributed by atoms with E-state index < -0.39 is 0 Å². The summed E-state index contributed by atoms with van der Waals surface area (Å²) >= 11 is 0. The summed E-state index contributed by atoms with van der Waals surface area (Å²) in [6.45, 7) is 9.99. The highest BCUT2D eigenvalue weighted by atomic mass is 16.1. The van der Waals surface area contributed by atoms with Crippen molar-refractivity contribution in [3.63, 3.8) is 0 Å². The summed E-state index contributed by atoms with van der Waals surface area (Å²) in [6.07, 6.45) is 0.977. The molecule has 146 valence electrons. The monoisotopic (exact) mass is 369 g/mol. The molecule has 2 rings (SSSR count). The van der Waals surface area contributed by atoms with E-state index in [9.17, 15) is 4.79 Å². The first kappa shape index (κ1) is 20.8. The van der Waals surface area contributed by atoms with Crippen LogP contribution in [-0.2, 0) is 5.41 Å². The van der Waals surface area contributed by atoms with Crippen molar-refractivity contribution in [2.24, 2.45) is 0 Å². The number of para-hydroxylation sites is 1. The largest absolute Gasteiger partial charge is 0.354 e. The minimum absolute atomic E-state index is 0.0649. The van der Waals surface area contributed by atoms with Gasteiger partial charge in [0.15, 0.2) is 0 Å². The standard InChI is InChI=1S/C21H31N5O/c1-15-14-18(25-20(23-15)22-12-9-13-26(5)6)19(27)24-17-11-8-7-10-16(17)21(2,3)4/h7-8,10-11,14H,9,12-13H2,1-6H3,(H,24,27)(H,22,23,25). The highest BCUT2D eigenvalue weighted by molar-refractivity contribution is 6.03. The van der Waals surface area contributed by atoms with Crippen LogP contribution >= 0.6 is 0 Å². The molecule has 0 radical (unpaired) electrons. The molecule has 0 atom stereocenters. The Hall–Kier alpha value is -2.47. The second kappa shape index (κ2) is 8.95. The maximum atomic E-state index is 12.8. The fourth-order valence-electron chi connectivity index (χ4n) is 2.79. The van der Waals surface area contributed by atoms with Crippen LogP contribution in [0, 0.1) is 6.92 Å². The smallest absolute Gasteiger partial charge is 0.274 e. The molecule has 0 spiro atoms. The maximum Gasteiger partial charge on any atom is 0.274 e. The lowest BCUT2D eigenvalue weighted by molar-refractivity contribution is 0.102. The molecule has 0 aliphatic heterocycles. The van der Waals surface area contributed by atoms with Gasteiger partial charge >= 0.3 is 0 Å². The van der Waals surface area contributed by atoms with Crippen LogP contribution < -0.4 is 10.6 Å². The van der Waals surface area contributed by atoms with Crippen molar-refractivity contribution in [1.82, 2.24) is 14.9 Å². The topological polar surface area (TPSA) is 70.2 Å². The van der Waals surface area contributed by atoms with Gasteiger partial charge in [-0.2, -0.15) is 0 Å². The Morgan fingerprint density at radius 2 is 1.85 bits per heavy atom. The molecule has 1 aromatic heterocycles. The van der Waals surface area contributed by atoms with Gasteiger partial charge in [-0.15, -0.1) is 0 Å². The molecule has 0 bridgehead atoms. The van der Waals surface area contributed by atoms with E-state index in [1.807, 2.05) is 45.3 Å². The average Bonchev–Trinajstić information content (AvgIpc) is 2.57. The zero-order valence-corrected chi connectivity index (χ0v) is 17.3. The summed E-state index contributed by atoms with van der Waals surface area (Å²) in [7, 11) is 4.09. The first-order chi connectivity index (χ1) is 12.7. The van der Waals surface area contributed by atoms with E-state index in [1.54, 1.807) is 6.07 Å². The van der Waals surface area contributed by atoms with Gasteiger partial charge in [-0.25, -0.2) is 9.97 Å². The van der Waals surface area contributed by atoms with Gasteiger partial charge in [0, 0.05) is 17.9 Å². The predicted molar refractivity (Wildman–Crippen MR) is 112 cm³/mol. The van der Waals surface area contributed by atoms with E-state index >= 15 is 0 Å². The van der Waals surface area contributed by atoms with Crippen LogP contribution in [0.1, 0.15) is 48.9 Å². The number of carbonyl (C=O) groups is 1. The van der Waals surface area contributed by atoms with Gasteiger partial charge in [0.25, 0.3) is 5.91 Å². The van der Waals surface area contributed by atoms with Crippen molar-refractivity contribution in [1.29, 1.82) is 0 Å². The lowest BCUT2D eigenvalue weighted by Crippen LogP contribution is -2.21. The summed E-state index contributed by atoms with van der Waals surface area (Å²) in [6, 6.07) is 9.58. The number of hydrogen-bond acceptors (Lipinski definition) is 5. The highest BCUT2D eigenvalue weighted by Crippen LogP contribution is 2.29. The molecule has 1 heterocycles. The number of carbonyl (C=O) groups excluding carboxylic acids is 1. The molecule has 27 heavy (non-hydrogen) atoms. The molecule has 0 saturated heterocycles. The Balaban J connectivity index is 2.13. The molecule has 0 unspecified atom stereocenters. The highest BCUT2D eigenvalue weighted by Gasteiger charge is 2.19.